The zero-order chi connectivity index (χ0) is 22.0. The minimum atomic E-state index is -1.11. The Bertz CT molecular complexity index is 806. The molecule has 0 atom stereocenters. The van der Waals surface area contributed by atoms with Crippen LogP contribution in [0.3, 0.4) is 0 Å². The number of hydrogen-bond acceptors (Lipinski definition) is 6. The van der Waals surface area contributed by atoms with Crippen molar-refractivity contribution in [3.8, 4) is 11.5 Å². The van der Waals surface area contributed by atoms with Crippen LogP contribution in [0.15, 0.2) is 23.1 Å². The van der Waals surface area contributed by atoms with Crippen LogP contribution in [0.1, 0.15) is 76.2 Å². The quantitative estimate of drug-likeness (QED) is 0.485. The molecule has 0 aliphatic carbocycles. The highest BCUT2D eigenvalue weighted by Crippen LogP contribution is 2.18. The van der Waals surface area contributed by atoms with Gasteiger partial charge >= 0.3 is 12.1 Å². The van der Waals surface area contributed by atoms with Crippen LogP contribution < -0.4 is 5.32 Å². The Hall–Kier alpha value is -2.84. The number of nitrogens with one attached hydrogen (secondary N) is 1. The molecule has 0 unspecified atom stereocenters. The maximum atomic E-state index is 11.5. The molecule has 0 radical (unpaired) electrons. The summed E-state index contributed by atoms with van der Waals surface area (Å²) >= 11 is 0. The lowest BCUT2D eigenvalue weighted by Gasteiger charge is -2.19. The number of alkyl carbamates (subject to hydrolysis) is 1. The molecule has 0 spiro atoms. The highest BCUT2D eigenvalue weighted by Gasteiger charge is 2.15. The van der Waals surface area contributed by atoms with Crippen molar-refractivity contribution < 1.29 is 23.8 Å². The number of aryl methyl sites for hydroxylation is 1. The Kier molecular flexibility index (Phi) is 8.89. The number of oxazole rings is 1. The zero-order valence-corrected chi connectivity index (χ0v) is 18.0. The number of aromatic carboxylic acids is 1. The first-order valence-electron chi connectivity index (χ1n) is 10.4. The molecule has 2 aromatic heterocycles. The summed E-state index contributed by atoms with van der Waals surface area (Å²) in [6.45, 7) is 7.00. The van der Waals surface area contributed by atoms with Crippen molar-refractivity contribution >= 4 is 12.1 Å². The van der Waals surface area contributed by atoms with E-state index in [9.17, 15) is 9.59 Å². The SMILES string of the molecule is CC(C)(C)OC(=O)NCCCCCCCCCn1cc(-c2nc(C(=O)O)co2)cn1. The molecule has 0 bridgehead atoms. The van der Waals surface area contributed by atoms with E-state index in [1.807, 2.05) is 31.6 Å². The van der Waals surface area contributed by atoms with Gasteiger partial charge in [0.05, 0.1) is 11.8 Å². The first-order valence-corrected chi connectivity index (χ1v) is 10.4. The third-order valence-electron chi connectivity index (χ3n) is 4.34. The lowest BCUT2D eigenvalue weighted by molar-refractivity contribution is 0.0526. The van der Waals surface area contributed by atoms with Gasteiger partial charge in [-0.25, -0.2) is 14.6 Å². The summed E-state index contributed by atoms with van der Waals surface area (Å²) in [5, 5.41) is 15.9. The number of aromatic nitrogens is 3. The molecule has 2 heterocycles. The maximum Gasteiger partial charge on any atom is 0.407 e. The van der Waals surface area contributed by atoms with E-state index in [0.717, 1.165) is 51.3 Å². The number of unbranched alkanes of at least 4 members (excludes halogenated alkanes) is 6. The summed E-state index contributed by atoms with van der Waals surface area (Å²) in [7, 11) is 0. The number of amides is 1. The molecule has 9 heteroatoms. The van der Waals surface area contributed by atoms with Gasteiger partial charge in [0.2, 0.25) is 5.89 Å². The van der Waals surface area contributed by atoms with E-state index >= 15 is 0 Å². The number of hydrogen-bond donors (Lipinski definition) is 2. The Balaban J connectivity index is 1.50. The molecular weight excluding hydrogens is 388 g/mol. The molecular formula is C21H32N4O5. The average Bonchev–Trinajstić information content (AvgIpc) is 3.31. The Morgan fingerprint density at radius 1 is 1.13 bits per heavy atom. The number of carbonyl (C=O) groups excluding carboxylic acids is 1. The largest absolute Gasteiger partial charge is 0.476 e. The van der Waals surface area contributed by atoms with Gasteiger partial charge in [-0.15, -0.1) is 0 Å². The predicted octanol–water partition coefficient (Wildman–Crippen LogP) is 4.49. The van der Waals surface area contributed by atoms with Crippen LogP contribution in [0.2, 0.25) is 0 Å². The fourth-order valence-corrected chi connectivity index (χ4v) is 2.89. The Morgan fingerprint density at radius 2 is 1.80 bits per heavy atom. The molecule has 0 aromatic carbocycles. The first-order chi connectivity index (χ1) is 14.2. The van der Waals surface area contributed by atoms with Gasteiger partial charge in [0.25, 0.3) is 0 Å². The minimum absolute atomic E-state index is 0.113. The minimum Gasteiger partial charge on any atom is -0.476 e. The van der Waals surface area contributed by atoms with Gasteiger partial charge in [-0.2, -0.15) is 5.10 Å². The molecule has 9 nitrogen and oxygen atoms in total. The van der Waals surface area contributed by atoms with Crippen LogP contribution in [-0.4, -0.2) is 44.1 Å². The molecule has 1 amide bonds. The van der Waals surface area contributed by atoms with Gasteiger partial charge in [-0.3, -0.25) is 4.68 Å². The number of nitrogens with zero attached hydrogens (tertiary/aromatic N) is 3. The number of carboxylic acids is 1. The monoisotopic (exact) mass is 420 g/mol. The van der Waals surface area contributed by atoms with Crippen molar-refractivity contribution in [1.29, 1.82) is 0 Å². The molecule has 0 aliphatic rings. The van der Waals surface area contributed by atoms with Gasteiger partial charge in [-0.1, -0.05) is 32.1 Å². The van der Waals surface area contributed by atoms with Gasteiger partial charge in [0.15, 0.2) is 5.69 Å². The summed E-state index contributed by atoms with van der Waals surface area (Å²) in [5.41, 5.74) is 0.0994. The van der Waals surface area contributed by atoms with Crippen LogP contribution in [0.5, 0.6) is 0 Å². The van der Waals surface area contributed by atoms with Gasteiger partial charge in [0.1, 0.15) is 11.9 Å². The average molecular weight is 421 g/mol. The van der Waals surface area contributed by atoms with Crippen LogP contribution in [0, 0.1) is 0 Å². The Morgan fingerprint density at radius 3 is 2.43 bits per heavy atom. The van der Waals surface area contributed by atoms with E-state index in [4.69, 9.17) is 14.3 Å². The molecule has 166 valence electrons. The maximum absolute atomic E-state index is 11.5. The van der Waals surface area contributed by atoms with Crippen molar-refractivity contribution in [1.82, 2.24) is 20.1 Å². The van der Waals surface area contributed by atoms with E-state index in [0.29, 0.717) is 12.1 Å². The Labute approximate surface area is 176 Å². The van der Waals surface area contributed by atoms with Gasteiger partial charge in [0, 0.05) is 19.3 Å². The second kappa shape index (κ2) is 11.4. The lowest BCUT2D eigenvalue weighted by Crippen LogP contribution is -2.32. The summed E-state index contributed by atoms with van der Waals surface area (Å²) in [6, 6.07) is 0. The highest BCUT2D eigenvalue weighted by atomic mass is 16.6. The van der Waals surface area contributed by atoms with Crippen molar-refractivity contribution in [2.24, 2.45) is 0 Å². The zero-order valence-electron chi connectivity index (χ0n) is 18.0. The van der Waals surface area contributed by atoms with Gasteiger partial charge < -0.3 is 19.6 Å². The fourth-order valence-electron chi connectivity index (χ4n) is 2.89. The summed E-state index contributed by atoms with van der Waals surface area (Å²) < 4.78 is 12.2. The predicted molar refractivity (Wildman–Crippen MR) is 111 cm³/mol. The van der Waals surface area contributed by atoms with E-state index in [-0.39, 0.29) is 17.7 Å². The third kappa shape index (κ3) is 8.67. The molecule has 0 aliphatic heterocycles. The van der Waals surface area contributed by atoms with Crippen LogP contribution in [0.4, 0.5) is 4.79 Å². The molecule has 2 N–H and O–H groups in total. The number of carboxylic acid groups (broad SMARTS) is 1. The molecule has 30 heavy (non-hydrogen) atoms. The molecule has 0 saturated heterocycles. The van der Waals surface area contributed by atoms with Crippen molar-refractivity contribution in [2.75, 3.05) is 6.54 Å². The molecule has 2 aromatic rings. The molecule has 0 saturated carbocycles. The summed E-state index contributed by atoms with van der Waals surface area (Å²) in [6.07, 6.45) is 11.9. The van der Waals surface area contributed by atoms with Crippen LogP contribution >= 0.6 is 0 Å². The third-order valence-corrected chi connectivity index (χ3v) is 4.34. The number of ether oxygens (including phenoxy) is 1. The second-order valence-corrected chi connectivity index (χ2v) is 8.24. The molecule has 0 fully saturated rings. The summed E-state index contributed by atoms with van der Waals surface area (Å²) in [4.78, 5) is 26.3. The van der Waals surface area contributed by atoms with Crippen molar-refractivity contribution in [3.05, 3.63) is 24.4 Å². The smallest absolute Gasteiger partial charge is 0.407 e. The molecule has 2 rings (SSSR count). The number of rotatable bonds is 12. The topological polar surface area (TPSA) is 119 Å². The van der Waals surface area contributed by atoms with Crippen LogP contribution in [-0.2, 0) is 11.3 Å². The highest BCUT2D eigenvalue weighted by molar-refractivity contribution is 5.85. The summed E-state index contributed by atoms with van der Waals surface area (Å²) in [5.74, 6) is -0.850. The van der Waals surface area contributed by atoms with Gasteiger partial charge in [-0.05, 0) is 33.6 Å². The lowest BCUT2D eigenvalue weighted by atomic mass is 10.1. The van der Waals surface area contributed by atoms with Crippen molar-refractivity contribution in [2.45, 2.75) is 77.9 Å². The van der Waals surface area contributed by atoms with E-state index in [1.165, 1.54) is 6.42 Å². The number of carbonyl (C=O) groups is 2. The second-order valence-electron chi connectivity index (χ2n) is 8.24. The standard InChI is InChI=1S/C21H32N4O5/c1-21(2,3)30-20(28)22-11-9-7-5-4-6-8-10-12-25-14-16(13-23-25)18-24-17(15-29-18)19(26)27/h13-15H,4-12H2,1-3H3,(H,22,28)(H,26,27). The van der Waals surface area contributed by atoms with E-state index < -0.39 is 11.6 Å². The van der Waals surface area contributed by atoms with Crippen molar-refractivity contribution in [3.63, 3.8) is 0 Å². The van der Waals surface area contributed by atoms with Crippen LogP contribution in [0.25, 0.3) is 11.5 Å². The first kappa shape index (κ1) is 23.4. The van der Waals surface area contributed by atoms with E-state index in [1.54, 1.807) is 6.20 Å². The van der Waals surface area contributed by atoms with E-state index in [2.05, 4.69) is 15.4 Å². The fraction of sp³-hybridized carbons (Fsp3) is 0.619. The normalized spacial score (nSPS) is 11.4.